The largest absolute Gasteiger partial charge is 0.384 e. The maximum Gasteiger partial charge on any atom is 0.229 e. The zero-order valence-electron chi connectivity index (χ0n) is 13.8. The minimum Gasteiger partial charge on any atom is -0.384 e. The van der Waals surface area contributed by atoms with E-state index < -0.39 is 5.41 Å². The second-order valence-electron chi connectivity index (χ2n) is 6.00. The summed E-state index contributed by atoms with van der Waals surface area (Å²) in [6, 6.07) is -0.0465. The second kappa shape index (κ2) is 7.94. The Morgan fingerprint density at radius 3 is 2.68 bits per heavy atom. The first-order valence-electron chi connectivity index (χ1n) is 7.49. The van der Waals surface area contributed by atoms with Crippen LogP contribution in [-0.2, 0) is 16.6 Å². The second-order valence-corrected chi connectivity index (χ2v) is 6.00. The molecule has 6 nitrogen and oxygen atoms in total. The number of aryl methyl sites for hydroxylation is 2. The number of nitrogens with zero attached hydrogens (tertiary/aromatic N) is 2. The van der Waals surface area contributed by atoms with E-state index >= 15 is 0 Å². The highest BCUT2D eigenvalue weighted by Crippen LogP contribution is 2.30. The van der Waals surface area contributed by atoms with Crippen LogP contribution < -0.4 is 10.6 Å². The third-order valence-electron chi connectivity index (χ3n) is 4.33. The van der Waals surface area contributed by atoms with E-state index in [0.717, 1.165) is 37.2 Å². The molecule has 1 atom stereocenters. The van der Waals surface area contributed by atoms with E-state index in [1.807, 2.05) is 27.1 Å². The van der Waals surface area contributed by atoms with Gasteiger partial charge in [-0.1, -0.05) is 0 Å². The van der Waals surface area contributed by atoms with Crippen LogP contribution in [0.1, 0.15) is 37.1 Å². The number of nitrogens with one attached hydrogen (secondary N) is 2. The highest BCUT2D eigenvalue weighted by Gasteiger charge is 2.40. The lowest BCUT2D eigenvalue weighted by Gasteiger charge is -2.36. The number of amides is 1. The molecule has 1 unspecified atom stereocenters. The van der Waals surface area contributed by atoms with Gasteiger partial charge in [0.05, 0.1) is 23.8 Å². The third-order valence-corrected chi connectivity index (χ3v) is 4.33. The molecular formula is C15H27ClN4O2. The molecule has 2 N–H and O–H groups in total. The van der Waals surface area contributed by atoms with Crippen molar-refractivity contribution in [2.24, 2.45) is 12.5 Å². The summed E-state index contributed by atoms with van der Waals surface area (Å²) in [4.78, 5) is 12.8. The number of hydrogen-bond acceptors (Lipinski definition) is 4. The molecule has 1 aliphatic rings. The van der Waals surface area contributed by atoms with Crippen molar-refractivity contribution in [3.8, 4) is 0 Å². The zero-order valence-corrected chi connectivity index (χ0v) is 14.6. The number of aromatic nitrogens is 2. The molecule has 22 heavy (non-hydrogen) atoms. The highest BCUT2D eigenvalue weighted by molar-refractivity contribution is 5.85. The van der Waals surface area contributed by atoms with Crippen molar-refractivity contribution in [3.63, 3.8) is 0 Å². The van der Waals surface area contributed by atoms with Gasteiger partial charge in [-0.15, -0.1) is 12.4 Å². The van der Waals surface area contributed by atoms with Crippen LogP contribution in [0, 0.1) is 12.3 Å². The summed E-state index contributed by atoms with van der Waals surface area (Å²) in [5, 5.41) is 10.8. The normalized spacial score (nSPS) is 18.4. The molecule has 1 aromatic rings. The molecule has 0 aromatic carbocycles. The summed E-state index contributed by atoms with van der Waals surface area (Å²) < 4.78 is 7.10. The molecule has 0 radical (unpaired) electrons. The fourth-order valence-corrected chi connectivity index (χ4v) is 3.09. The Balaban J connectivity index is 0.00000242. The molecule has 0 spiro atoms. The van der Waals surface area contributed by atoms with Crippen molar-refractivity contribution in [2.45, 2.75) is 32.7 Å². The molecule has 2 heterocycles. The van der Waals surface area contributed by atoms with Gasteiger partial charge >= 0.3 is 0 Å². The van der Waals surface area contributed by atoms with Gasteiger partial charge in [0.15, 0.2) is 0 Å². The molecule has 1 amide bonds. The minimum atomic E-state index is -0.412. The fourth-order valence-electron chi connectivity index (χ4n) is 3.09. The number of carbonyl (C=O) groups is 1. The SMILES string of the molecule is COCC1(C(=O)NC(C)c2cn(C)nc2C)CCNCC1.Cl. The van der Waals surface area contributed by atoms with Gasteiger partial charge in [0.2, 0.25) is 5.91 Å². The minimum absolute atomic E-state index is 0. The van der Waals surface area contributed by atoms with Crippen molar-refractivity contribution in [1.82, 2.24) is 20.4 Å². The number of halogens is 1. The van der Waals surface area contributed by atoms with Crippen LogP contribution in [0.5, 0.6) is 0 Å². The maximum atomic E-state index is 12.8. The van der Waals surface area contributed by atoms with Crippen molar-refractivity contribution >= 4 is 18.3 Å². The average Bonchev–Trinajstić information content (AvgIpc) is 2.79. The van der Waals surface area contributed by atoms with Crippen molar-refractivity contribution in [2.75, 3.05) is 26.8 Å². The van der Waals surface area contributed by atoms with Gasteiger partial charge in [-0.05, 0) is 39.8 Å². The van der Waals surface area contributed by atoms with Crippen molar-refractivity contribution in [3.05, 3.63) is 17.5 Å². The van der Waals surface area contributed by atoms with E-state index in [4.69, 9.17) is 4.74 Å². The molecule has 1 aliphatic heterocycles. The van der Waals surface area contributed by atoms with E-state index in [1.54, 1.807) is 11.8 Å². The summed E-state index contributed by atoms with van der Waals surface area (Å²) in [6.07, 6.45) is 3.59. The number of rotatable bonds is 5. The predicted octanol–water partition coefficient (Wildman–Crippen LogP) is 1.34. The first-order chi connectivity index (χ1) is 9.98. The number of carbonyl (C=O) groups excluding carboxylic acids is 1. The summed E-state index contributed by atoms with van der Waals surface area (Å²) in [5.41, 5.74) is 1.61. The van der Waals surface area contributed by atoms with Crippen molar-refractivity contribution < 1.29 is 9.53 Å². The van der Waals surface area contributed by atoms with Crippen LogP contribution in [0.3, 0.4) is 0 Å². The van der Waals surface area contributed by atoms with Crippen LogP contribution in [0.4, 0.5) is 0 Å². The summed E-state index contributed by atoms with van der Waals surface area (Å²) >= 11 is 0. The highest BCUT2D eigenvalue weighted by atomic mass is 35.5. The van der Waals surface area contributed by atoms with Crippen LogP contribution in [0.2, 0.25) is 0 Å². The molecule has 126 valence electrons. The Bertz CT molecular complexity index is 492. The summed E-state index contributed by atoms with van der Waals surface area (Å²) in [5.74, 6) is 0.0848. The van der Waals surface area contributed by atoms with Crippen LogP contribution in [-0.4, -0.2) is 42.5 Å². The fraction of sp³-hybridized carbons (Fsp3) is 0.733. The predicted molar refractivity (Wildman–Crippen MR) is 88.2 cm³/mol. The molecule has 1 fully saturated rings. The molecule has 1 saturated heterocycles. The molecule has 2 rings (SSSR count). The molecular weight excluding hydrogens is 304 g/mol. The van der Waals surface area contributed by atoms with Crippen molar-refractivity contribution in [1.29, 1.82) is 0 Å². The monoisotopic (exact) mass is 330 g/mol. The van der Waals surface area contributed by atoms with E-state index in [9.17, 15) is 4.79 Å². The lowest BCUT2D eigenvalue weighted by molar-refractivity contribution is -0.136. The van der Waals surface area contributed by atoms with Crippen LogP contribution >= 0.6 is 12.4 Å². The Labute approximate surface area is 138 Å². The van der Waals surface area contributed by atoms with Crippen LogP contribution in [0.15, 0.2) is 6.20 Å². The summed E-state index contributed by atoms with van der Waals surface area (Å²) in [6.45, 7) is 6.16. The first kappa shape index (κ1) is 18.9. The number of ether oxygens (including phenoxy) is 1. The maximum absolute atomic E-state index is 12.8. The summed E-state index contributed by atoms with van der Waals surface area (Å²) in [7, 11) is 3.55. The van der Waals surface area contributed by atoms with Gasteiger partial charge in [-0.2, -0.15) is 5.10 Å². The quantitative estimate of drug-likeness (QED) is 0.855. The third kappa shape index (κ3) is 4.00. The van der Waals surface area contributed by atoms with E-state index in [0.29, 0.717) is 6.61 Å². The Morgan fingerprint density at radius 1 is 1.55 bits per heavy atom. The molecule has 0 aliphatic carbocycles. The number of hydrogen-bond donors (Lipinski definition) is 2. The van der Waals surface area contributed by atoms with E-state index in [-0.39, 0.29) is 24.4 Å². The van der Waals surface area contributed by atoms with Gasteiger partial charge < -0.3 is 15.4 Å². The van der Waals surface area contributed by atoms with Crippen LogP contribution in [0.25, 0.3) is 0 Å². The smallest absolute Gasteiger partial charge is 0.229 e. The Morgan fingerprint density at radius 2 is 2.18 bits per heavy atom. The lowest BCUT2D eigenvalue weighted by Crippen LogP contribution is -2.50. The molecule has 1 aromatic heterocycles. The lowest BCUT2D eigenvalue weighted by atomic mass is 9.78. The first-order valence-corrected chi connectivity index (χ1v) is 7.49. The van der Waals surface area contributed by atoms with E-state index in [1.165, 1.54) is 0 Å². The molecule has 0 saturated carbocycles. The van der Waals surface area contributed by atoms with E-state index in [2.05, 4.69) is 15.7 Å². The molecule has 7 heteroatoms. The van der Waals surface area contributed by atoms with Gasteiger partial charge in [0.25, 0.3) is 0 Å². The molecule has 0 bridgehead atoms. The zero-order chi connectivity index (χ0) is 15.5. The number of piperidine rings is 1. The Hall–Kier alpha value is -1.11. The standard InChI is InChI=1S/C15H26N4O2.ClH/c1-11(13-9-19(3)18-12(13)2)17-14(20)15(10-21-4)5-7-16-8-6-15;/h9,11,16H,5-8,10H2,1-4H3,(H,17,20);1H. The Kier molecular flexibility index (Phi) is 6.84. The van der Waals surface area contributed by atoms with Gasteiger partial charge in [0.1, 0.15) is 0 Å². The number of methoxy groups -OCH3 is 1. The topological polar surface area (TPSA) is 68.2 Å². The average molecular weight is 331 g/mol. The van der Waals surface area contributed by atoms with Gasteiger partial charge in [-0.3, -0.25) is 9.48 Å². The van der Waals surface area contributed by atoms with Gasteiger partial charge in [-0.25, -0.2) is 0 Å². The van der Waals surface area contributed by atoms with Gasteiger partial charge in [0, 0.05) is 25.9 Å².